The first-order valence-electron chi connectivity index (χ1n) is 9.62. The van der Waals surface area contributed by atoms with Crippen molar-refractivity contribution in [2.24, 2.45) is 5.10 Å². The third-order valence-electron chi connectivity index (χ3n) is 4.52. The van der Waals surface area contributed by atoms with E-state index in [4.69, 9.17) is 14.6 Å². The van der Waals surface area contributed by atoms with Crippen molar-refractivity contribution >= 4 is 61.2 Å². The summed E-state index contributed by atoms with van der Waals surface area (Å²) in [7, 11) is 0. The zero-order valence-electron chi connectivity index (χ0n) is 17.4. The smallest absolute Gasteiger partial charge is 0.335 e. The van der Waals surface area contributed by atoms with Crippen molar-refractivity contribution < 1.29 is 24.2 Å². The normalized spacial score (nSPS) is 14.5. The second kappa shape index (κ2) is 10.1. The van der Waals surface area contributed by atoms with Crippen LogP contribution in [0.1, 0.15) is 29.8 Å². The van der Waals surface area contributed by atoms with Gasteiger partial charge in [0.05, 0.1) is 33.6 Å². The molecule has 2 aromatic carbocycles. The summed E-state index contributed by atoms with van der Waals surface area (Å²) in [5, 5.41) is 14.7. The second-order valence-electron chi connectivity index (χ2n) is 6.67. The van der Waals surface area contributed by atoms with Crippen molar-refractivity contribution in [2.45, 2.75) is 13.8 Å². The molecule has 0 spiro atoms. The van der Waals surface area contributed by atoms with Crippen LogP contribution in [0.3, 0.4) is 0 Å². The molecule has 0 aliphatic carbocycles. The van der Waals surface area contributed by atoms with Gasteiger partial charge < -0.3 is 14.6 Å². The summed E-state index contributed by atoms with van der Waals surface area (Å²) >= 11 is 7.10. The van der Waals surface area contributed by atoms with E-state index in [1.165, 1.54) is 17.1 Å². The van der Waals surface area contributed by atoms with Gasteiger partial charge in [0.1, 0.15) is 6.61 Å². The zero-order valence-corrected chi connectivity index (χ0v) is 20.6. The van der Waals surface area contributed by atoms with E-state index in [9.17, 15) is 9.59 Å². The van der Waals surface area contributed by atoms with Crippen molar-refractivity contribution in [1.29, 1.82) is 0 Å². The van der Waals surface area contributed by atoms with E-state index < -0.39 is 5.97 Å². The lowest BCUT2D eigenvalue weighted by atomic mass is 10.1. The number of hydrazone groups is 1. The van der Waals surface area contributed by atoms with E-state index >= 15 is 0 Å². The molecule has 2 aromatic rings. The highest BCUT2D eigenvalue weighted by Crippen LogP contribution is 2.44. The fourth-order valence-corrected chi connectivity index (χ4v) is 3.96. The van der Waals surface area contributed by atoms with Gasteiger partial charge in [0.15, 0.2) is 11.5 Å². The fourth-order valence-electron chi connectivity index (χ4n) is 3.01. The Morgan fingerprint density at radius 1 is 1.22 bits per heavy atom. The van der Waals surface area contributed by atoms with Crippen molar-refractivity contribution in [3.05, 3.63) is 68.6 Å². The molecule has 1 N–H and O–H groups in total. The molecule has 9 heteroatoms. The number of anilines is 1. The lowest BCUT2D eigenvalue weighted by Gasteiger charge is -2.16. The van der Waals surface area contributed by atoms with Crippen LogP contribution in [-0.4, -0.2) is 35.9 Å². The molecule has 32 heavy (non-hydrogen) atoms. The number of halogens is 2. The maximum absolute atomic E-state index is 13.1. The zero-order chi connectivity index (χ0) is 23.4. The van der Waals surface area contributed by atoms with Gasteiger partial charge in [0, 0.05) is 4.47 Å². The average molecular weight is 564 g/mol. The number of benzene rings is 2. The van der Waals surface area contributed by atoms with Crippen LogP contribution in [0.2, 0.25) is 0 Å². The van der Waals surface area contributed by atoms with Gasteiger partial charge in [-0.25, -0.2) is 4.79 Å². The van der Waals surface area contributed by atoms with E-state index in [2.05, 4.69) is 43.5 Å². The predicted molar refractivity (Wildman–Crippen MR) is 131 cm³/mol. The van der Waals surface area contributed by atoms with E-state index in [-0.39, 0.29) is 11.5 Å². The number of carboxylic acid groups (broad SMARTS) is 1. The summed E-state index contributed by atoms with van der Waals surface area (Å²) in [6.45, 7) is 8.03. The molecule has 0 saturated carbocycles. The predicted octanol–water partition coefficient (Wildman–Crippen LogP) is 5.68. The van der Waals surface area contributed by atoms with Crippen molar-refractivity contribution in [1.82, 2.24) is 0 Å². The van der Waals surface area contributed by atoms with Gasteiger partial charge in [-0.1, -0.05) is 12.7 Å². The monoisotopic (exact) mass is 562 g/mol. The standard InChI is InChI=1S/C23H20Br2N2O5/c1-4-10-32-21-18(31-5-2)12-15(19(24)20(21)25)11-17-13(3)26-27(22(17)28)16-8-6-14(7-9-16)23(29)30/h4,6-9,11-12H,1,5,10H2,2-3H3,(H,29,30)/b17-11-. The first-order valence-corrected chi connectivity index (χ1v) is 11.2. The first-order chi connectivity index (χ1) is 15.3. The van der Waals surface area contributed by atoms with Gasteiger partial charge >= 0.3 is 5.97 Å². The summed E-state index contributed by atoms with van der Waals surface area (Å²) < 4.78 is 12.8. The molecule has 1 aliphatic rings. The Labute approximate surface area is 202 Å². The van der Waals surface area contributed by atoms with Crippen molar-refractivity contribution in [2.75, 3.05) is 18.2 Å². The maximum Gasteiger partial charge on any atom is 0.335 e. The lowest BCUT2D eigenvalue weighted by Crippen LogP contribution is -2.21. The number of carbonyl (C=O) groups is 2. The number of carbonyl (C=O) groups excluding carboxylic acids is 1. The number of carboxylic acids is 1. The van der Waals surface area contributed by atoms with Gasteiger partial charge in [0.2, 0.25) is 0 Å². The molecule has 0 atom stereocenters. The number of hydrogen-bond acceptors (Lipinski definition) is 5. The molecule has 1 amide bonds. The molecule has 1 heterocycles. The molecule has 0 aromatic heterocycles. The minimum absolute atomic E-state index is 0.132. The second-order valence-corrected chi connectivity index (χ2v) is 8.25. The highest BCUT2D eigenvalue weighted by atomic mass is 79.9. The lowest BCUT2D eigenvalue weighted by molar-refractivity contribution is -0.114. The molecular weight excluding hydrogens is 544 g/mol. The molecule has 0 bridgehead atoms. The highest BCUT2D eigenvalue weighted by Gasteiger charge is 2.29. The van der Waals surface area contributed by atoms with Gasteiger partial charge in [-0.2, -0.15) is 10.1 Å². The van der Waals surface area contributed by atoms with Crippen LogP contribution < -0.4 is 14.5 Å². The molecule has 0 unspecified atom stereocenters. The molecule has 0 fully saturated rings. The fraction of sp³-hybridized carbons (Fsp3) is 0.174. The molecule has 7 nitrogen and oxygen atoms in total. The number of rotatable bonds is 8. The van der Waals surface area contributed by atoms with Crippen LogP contribution in [0.15, 0.2) is 62.6 Å². The molecule has 166 valence electrons. The van der Waals surface area contributed by atoms with Crippen molar-refractivity contribution in [3.63, 3.8) is 0 Å². The minimum Gasteiger partial charge on any atom is -0.490 e. The Morgan fingerprint density at radius 3 is 2.50 bits per heavy atom. The van der Waals surface area contributed by atoms with Crippen LogP contribution in [0, 0.1) is 0 Å². The summed E-state index contributed by atoms with van der Waals surface area (Å²) in [6, 6.07) is 7.75. The van der Waals surface area contributed by atoms with Gasteiger partial charge in [-0.15, -0.1) is 0 Å². The molecule has 0 saturated heterocycles. The number of nitrogens with zero attached hydrogens (tertiary/aromatic N) is 2. The minimum atomic E-state index is -1.04. The average Bonchev–Trinajstić information content (AvgIpc) is 3.05. The Kier molecular flexibility index (Phi) is 7.52. The molecule has 1 aliphatic heterocycles. The van der Waals surface area contributed by atoms with E-state index in [1.54, 1.807) is 37.3 Å². The number of hydrogen-bond donors (Lipinski definition) is 1. The van der Waals surface area contributed by atoms with Crippen LogP contribution in [0.4, 0.5) is 5.69 Å². The summed E-state index contributed by atoms with van der Waals surface area (Å²) in [5.74, 6) is -0.300. The number of aromatic carboxylic acids is 1. The third-order valence-corrected chi connectivity index (χ3v) is 6.67. The first kappa shape index (κ1) is 23.7. The van der Waals surface area contributed by atoms with Crippen LogP contribution in [-0.2, 0) is 4.79 Å². The van der Waals surface area contributed by atoms with Gasteiger partial charge in [-0.3, -0.25) is 4.79 Å². The molecular formula is C23H20Br2N2O5. The Hall–Kier alpha value is -2.91. The number of amides is 1. The summed E-state index contributed by atoms with van der Waals surface area (Å²) in [5.41, 5.74) is 2.25. The van der Waals surface area contributed by atoms with Crippen molar-refractivity contribution in [3.8, 4) is 11.5 Å². The molecule has 0 radical (unpaired) electrons. The highest BCUT2D eigenvalue weighted by molar-refractivity contribution is 9.13. The summed E-state index contributed by atoms with van der Waals surface area (Å²) in [6.07, 6.45) is 3.36. The van der Waals surface area contributed by atoms with Crippen LogP contribution >= 0.6 is 31.9 Å². The van der Waals surface area contributed by atoms with E-state index in [0.717, 1.165) is 0 Å². The van der Waals surface area contributed by atoms with E-state index in [0.29, 0.717) is 56.2 Å². The number of ether oxygens (including phenoxy) is 2. The van der Waals surface area contributed by atoms with Crippen LogP contribution in [0.25, 0.3) is 6.08 Å². The van der Waals surface area contributed by atoms with Gasteiger partial charge in [-0.05, 0) is 87.7 Å². The Balaban J connectivity index is 1.99. The Bertz CT molecular complexity index is 1140. The molecule has 3 rings (SSSR count). The van der Waals surface area contributed by atoms with Gasteiger partial charge in [0.25, 0.3) is 5.91 Å². The quantitative estimate of drug-likeness (QED) is 0.330. The SMILES string of the molecule is C=CCOc1c(OCC)cc(/C=C2\C(=O)N(c3ccc(C(=O)O)cc3)N=C2C)c(Br)c1Br. The summed E-state index contributed by atoms with van der Waals surface area (Å²) in [4.78, 5) is 24.2. The Morgan fingerprint density at radius 2 is 1.91 bits per heavy atom. The van der Waals surface area contributed by atoms with E-state index in [1.807, 2.05) is 6.92 Å². The van der Waals surface area contributed by atoms with Crippen LogP contribution in [0.5, 0.6) is 11.5 Å². The maximum atomic E-state index is 13.1. The topological polar surface area (TPSA) is 88.4 Å². The largest absolute Gasteiger partial charge is 0.490 e. The third kappa shape index (κ3) is 4.78.